The van der Waals surface area contributed by atoms with Gasteiger partial charge in [-0.15, -0.1) is 0 Å². The Hall–Kier alpha value is -2.27. The van der Waals surface area contributed by atoms with Crippen LogP contribution in [0, 0.1) is 18.3 Å². The molecule has 0 saturated carbocycles. The largest absolute Gasteiger partial charge is 0.381 e. The maximum absolute atomic E-state index is 8.60. The summed E-state index contributed by atoms with van der Waals surface area (Å²) in [6, 6.07) is 18.6. The lowest BCUT2D eigenvalue weighted by Crippen LogP contribution is -1.99. The van der Waals surface area contributed by atoms with Gasteiger partial charge in [0.2, 0.25) is 0 Å². The smallest absolute Gasteiger partial charge is 0.0669 e. The molecule has 18 heavy (non-hydrogen) atoms. The molecule has 0 atom stereocenters. The Kier molecular flexibility index (Phi) is 3.98. The molecule has 90 valence electrons. The van der Waals surface area contributed by atoms with E-state index in [4.69, 9.17) is 5.26 Å². The van der Waals surface area contributed by atoms with E-state index in [-0.39, 0.29) is 0 Å². The van der Waals surface area contributed by atoms with E-state index in [0.29, 0.717) is 6.42 Å². The van der Waals surface area contributed by atoms with Crippen molar-refractivity contribution in [1.82, 2.24) is 0 Å². The molecule has 0 bridgehead atoms. The molecular formula is C16H16N2. The van der Waals surface area contributed by atoms with Crippen LogP contribution in [0.1, 0.15) is 16.7 Å². The molecule has 0 aliphatic rings. The predicted octanol–water partition coefficient (Wildman–Crippen LogP) is 3.67. The molecule has 0 spiro atoms. The van der Waals surface area contributed by atoms with E-state index in [9.17, 15) is 0 Å². The number of rotatable bonds is 4. The molecule has 2 aromatic rings. The molecule has 0 aromatic heterocycles. The van der Waals surface area contributed by atoms with Crippen molar-refractivity contribution in [3.05, 3.63) is 65.2 Å². The first-order valence-corrected chi connectivity index (χ1v) is 6.03. The van der Waals surface area contributed by atoms with Gasteiger partial charge in [0, 0.05) is 12.2 Å². The summed E-state index contributed by atoms with van der Waals surface area (Å²) < 4.78 is 0. The van der Waals surface area contributed by atoms with Crippen LogP contribution in [-0.2, 0) is 13.0 Å². The Bertz CT molecular complexity index is 550. The van der Waals surface area contributed by atoms with Crippen LogP contribution >= 0.6 is 0 Å². The minimum Gasteiger partial charge on any atom is -0.381 e. The first-order chi connectivity index (χ1) is 8.78. The van der Waals surface area contributed by atoms with Crippen LogP contribution in [0.25, 0.3) is 0 Å². The normalized spacial score (nSPS) is 9.78. The zero-order valence-corrected chi connectivity index (χ0v) is 10.5. The molecular weight excluding hydrogens is 220 g/mol. The van der Waals surface area contributed by atoms with Gasteiger partial charge >= 0.3 is 0 Å². The average Bonchev–Trinajstić information content (AvgIpc) is 2.38. The van der Waals surface area contributed by atoms with Crippen LogP contribution in [0.15, 0.2) is 48.5 Å². The fourth-order valence-corrected chi connectivity index (χ4v) is 1.86. The van der Waals surface area contributed by atoms with E-state index in [1.807, 2.05) is 24.3 Å². The number of benzene rings is 2. The standard InChI is InChI=1S/C16H16N2/c1-13-3-2-4-15(11-13)12-18-16-7-5-14(6-8-16)9-10-17/h2-8,11,18H,9,12H2,1H3. The second-order valence-electron chi connectivity index (χ2n) is 4.37. The van der Waals surface area contributed by atoms with Crippen molar-refractivity contribution in [1.29, 1.82) is 5.26 Å². The minimum absolute atomic E-state index is 0.470. The molecule has 2 aromatic carbocycles. The second kappa shape index (κ2) is 5.88. The van der Waals surface area contributed by atoms with E-state index < -0.39 is 0 Å². The van der Waals surface area contributed by atoms with Crippen molar-refractivity contribution in [3.8, 4) is 6.07 Å². The van der Waals surface area contributed by atoms with Gasteiger partial charge in [-0.3, -0.25) is 0 Å². The summed E-state index contributed by atoms with van der Waals surface area (Å²) in [6.45, 7) is 2.92. The van der Waals surface area contributed by atoms with Crippen molar-refractivity contribution in [2.24, 2.45) is 0 Å². The van der Waals surface area contributed by atoms with Gasteiger partial charge in [-0.25, -0.2) is 0 Å². The highest BCUT2D eigenvalue weighted by molar-refractivity contribution is 5.45. The van der Waals surface area contributed by atoms with Crippen molar-refractivity contribution in [2.45, 2.75) is 19.9 Å². The lowest BCUT2D eigenvalue weighted by Gasteiger charge is -2.07. The highest BCUT2D eigenvalue weighted by Crippen LogP contribution is 2.12. The lowest BCUT2D eigenvalue weighted by atomic mass is 10.1. The van der Waals surface area contributed by atoms with Crippen LogP contribution in [0.2, 0.25) is 0 Å². The van der Waals surface area contributed by atoms with E-state index in [0.717, 1.165) is 17.8 Å². The quantitative estimate of drug-likeness (QED) is 0.879. The molecule has 0 aliphatic heterocycles. The van der Waals surface area contributed by atoms with Crippen molar-refractivity contribution in [3.63, 3.8) is 0 Å². The summed E-state index contributed by atoms with van der Waals surface area (Å²) in [6.07, 6.45) is 0.470. The fourth-order valence-electron chi connectivity index (χ4n) is 1.86. The second-order valence-corrected chi connectivity index (χ2v) is 4.37. The highest BCUT2D eigenvalue weighted by atomic mass is 14.9. The van der Waals surface area contributed by atoms with Gasteiger partial charge in [0.15, 0.2) is 0 Å². The van der Waals surface area contributed by atoms with Gasteiger partial charge in [-0.1, -0.05) is 42.0 Å². The number of hydrogen-bond acceptors (Lipinski definition) is 2. The fraction of sp³-hybridized carbons (Fsp3) is 0.188. The van der Waals surface area contributed by atoms with Gasteiger partial charge < -0.3 is 5.32 Å². The highest BCUT2D eigenvalue weighted by Gasteiger charge is 1.96. The molecule has 0 unspecified atom stereocenters. The first kappa shape index (κ1) is 12.2. The summed E-state index contributed by atoms with van der Waals surface area (Å²) in [4.78, 5) is 0. The first-order valence-electron chi connectivity index (χ1n) is 6.03. The molecule has 0 aliphatic carbocycles. The minimum atomic E-state index is 0.470. The third kappa shape index (κ3) is 3.36. The van der Waals surface area contributed by atoms with Gasteiger partial charge in [-0.05, 0) is 30.2 Å². The summed E-state index contributed by atoms with van der Waals surface area (Å²) in [5.74, 6) is 0. The zero-order chi connectivity index (χ0) is 12.8. The number of aryl methyl sites for hydroxylation is 1. The third-order valence-corrected chi connectivity index (χ3v) is 2.82. The molecule has 0 heterocycles. The van der Waals surface area contributed by atoms with Crippen molar-refractivity contribution >= 4 is 5.69 Å². The molecule has 0 fully saturated rings. The van der Waals surface area contributed by atoms with Gasteiger partial charge in [0.25, 0.3) is 0 Å². The van der Waals surface area contributed by atoms with Gasteiger partial charge in [0.1, 0.15) is 0 Å². The Morgan fingerprint density at radius 3 is 2.50 bits per heavy atom. The Labute approximate surface area is 108 Å². The van der Waals surface area contributed by atoms with Crippen LogP contribution in [0.3, 0.4) is 0 Å². The van der Waals surface area contributed by atoms with Crippen LogP contribution in [-0.4, -0.2) is 0 Å². The monoisotopic (exact) mass is 236 g/mol. The summed E-state index contributed by atoms with van der Waals surface area (Å²) in [5.41, 5.74) is 4.69. The van der Waals surface area contributed by atoms with E-state index >= 15 is 0 Å². The Morgan fingerprint density at radius 1 is 1.06 bits per heavy atom. The van der Waals surface area contributed by atoms with E-state index in [1.165, 1.54) is 11.1 Å². The van der Waals surface area contributed by atoms with E-state index in [2.05, 4.69) is 42.6 Å². The average molecular weight is 236 g/mol. The summed E-state index contributed by atoms with van der Waals surface area (Å²) in [5, 5.41) is 12.0. The van der Waals surface area contributed by atoms with Crippen LogP contribution < -0.4 is 5.32 Å². The number of nitrogens with zero attached hydrogens (tertiary/aromatic N) is 1. The SMILES string of the molecule is Cc1cccc(CNc2ccc(CC#N)cc2)c1. The van der Waals surface area contributed by atoms with E-state index in [1.54, 1.807) is 0 Å². The van der Waals surface area contributed by atoms with Crippen molar-refractivity contribution in [2.75, 3.05) is 5.32 Å². The molecule has 0 amide bonds. The molecule has 0 saturated heterocycles. The number of nitrogens with one attached hydrogen (secondary N) is 1. The predicted molar refractivity (Wildman–Crippen MR) is 74.3 cm³/mol. The van der Waals surface area contributed by atoms with Crippen LogP contribution in [0.5, 0.6) is 0 Å². The summed E-state index contributed by atoms with van der Waals surface area (Å²) in [7, 11) is 0. The molecule has 1 N–H and O–H groups in total. The maximum atomic E-state index is 8.60. The molecule has 2 rings (SSSR count). The van der Waals surface area contributed by atoms with Gasteiger partial charge in [-0.2, -0.15) is 5.26 Å². The Balaban J connectivity index is 1.96. The third-order valence-electron chi connectivity index (χ3n) is 2.82. The molecule has 2 nitrogen and oxygen atoms in total. The maximum Gasteiger partial charge on any atom is 0.0669 e. The number of anilines is 1. The number of hydrogen-bond donors (Lipinski definition) is 1. The number of nitriles is 1. The summed E-state index contributed by atoms with van der Waals surface area (Å²) >= 11 is 0. The Morgan fingerprint density at radius 2 is 1.83 bits per heavy atom. The van der Waals surface area contributed by atoms with Gasteiger partial charge in [0.05, 0.1) is 12.5 Å². The lowest BCUT2D eigenvalue weighted by molar-refractivity contribution is 1.14. The molecule has 2 heteroatoms. The zero-order valence-electron chi connectivity index (χ0n) is 10.5. The van der Waals surface area contributed by atoms with Crippen molar-refractivity contribution < 1.29 is 0 Å². The topological polar surface area (TPSA) is 35.8 Å². The van der Waals surface area contributed by atoms with Crippen LogP contribution in [0.4, 0.5) is 5.69 Å². The molecule has 0 radical (unpaired) electrons.